The van der Waals surface area contributed by atoms with Crippen molar-refractivity contribution < 1.29 is 18.7 Å². The van der Waals surface area contributed by atoms with Crippen LogP contribution in [0.15, 0.2) is 45.3 Å². The number of nitrogens with zero attached hydrogens (tertiary/aromatic N) is 3. The van der Waals surface area contributed by atoms with Gasteiger partial charge in [-0.05, 0) is 54.0 Å². The summed E-state index contributed by atoms with van der Waals surface area (Å²) in [6.45, 7) is 3.97. The van der Waals surface area contributed by atoms with Gasteiger partial charge in [-0.3, -0.25) is 4.79 Å². The van der Waals surface area contributed by atoms with E-state index >= 15 is 0 Å². The number of halogens is 2. The molecular formula is C21H21BrClN3O4. The van der Waals surface area contributed by atoms with E-state index in [9.17, 15) is 4.79 Å². The SMILES string of the molecule is COc1cc(C(=O)N(Cc2nnc(-c3ccccc3Cl)o2)C(C)C)cc(OC)c1Br. The van der Waals surface area contributed by atoms with Gasteiger partial charge in [-0.1, -0.05) is 23.7 Å². The fraction of sp³-hybridized carbons (Fsp3) is 0.286. The zero-order chi connectivity index (χ0) is 21.8. The van der Waals surface area contributed by atoms with Crippen LogP contribution in [0.4, 0.5) is 0 Å². The smallest absolute Gasteiger partial charge is 0.254 e. The number of aromatic nitrogens is 2. The summed E-state index contributed by atoms with van der Waals surface area (Å²) in [5.74, 6) is 1.40. The Labute approximate surface area is 188 Å². The number of hydrogen-bond acceptors (Lipinski definition) is 6. The highest BCUT2D eigenvalue weighted by Gasteiger charge is 2.24. The van der Waals surface area contributed by atoms with E-state index in [1.54, 1.807) is 29.2 Å². The predicted molar refractivity (Wildman–Crippen MR) is 117 cm³/mol. The molecule has 2 aromatic carbocycles. The van der Waals surface area contributed by atoms with Crippen LogP contribution in [0.3, 0.4) is 0 Å². The molecule has 30 heavy (non-hydrogen) atoms. The van der Waals surface area contributed by atoms with E-state index in [4.69, 9.17) is 25.5 Å². The summed E-state index contributed by atoms with van der Waals surface area (Å²) < 4.78 is 17.1. The number of carbonyl (C=O) groups excluding carboxylic acids is 1. The van der Waals surface area contributed by atoms with Crippen molar-refractivity contribution in [1.82, 2.24) is 15.1 Å². The molecule has 1 amide bonds. The lowest BCUT2D eigenvalue weighted by Gasteiger charge is -2.25. The van der Waals surface area contributed by atoms with Gasteiger partial charge in [-0.25, -0.2) is 0 Å². The molecule has 158 valence electrons. The zero-order valence-corrected chi connectivity index (χ0v) is 19.3. The average Bonchev–Trinajstić information content (AvgIpc) is 3.20. The van der Waals surface area contributed by atoms with Crippen LogP contribution in [0.2, 0.25) is 5.02 Å². The standard InChI is InChI=1S/C21H21BrClN3O4/c1-12(2)26(21(27)13-9-16(28-3)19(22)17(10-13)29-4)11-18-24-25-20(30-18)14-7-5-6-8-15(14)23/h5-10,12H,11H2,1-4H3. The summed E-state index contributed by atoms with van der Waals surface area (Å²) in [5.41, 5.74) is 1.06. The molecule has 0 aliphatic carbocycles. The van der Waals surface area contributed by atoms with Crippen LogP contribution in [-0.2, 0) is 6.54 Å². The first-order chi connectivity index (χ1) is 14.3. The van der Waals surface area contributed by atoms with Gasteiger partial charge in [0.25, 0.3) is 5.91 Å². The van der Waals surface area contributed by atoms with Crippen molar-refractivity contribution >= 4 is 33.4 Å². The Bertz CT molecular complexity index is 1030. The van der Waals surface area contributed by atoms with Gasteiger partial charge < -0.3 is 18.8 Å². The maximum Gasteiger partial charge on any atom is 0.254 e. The fourth-order valence-corrected chi connectivity index (χ4v) is 3.62. The van der Waals surface area contributed by atoms with E-state index < -0.39 is 0 Å². The van der Waals surface area contributed by atoms with E-state index in [1.807, 2.05) is 26.0 Å². The monoisotopic (exact) mass is 493 g/mol. The normalized spacial score (nSPS) is 10.9. The van der Waals surface area contributed by atoms with Crippen molar-refractivity contribution in [3.05, 3.63) is 57.3 Å². The first-order valence-corrected chi connectivity index (χ1v) is 10.3. The summed E-state index contributed by atoms with van der Waals surface area (Å²) >= 11 is 9.62. The molecule has 0 unspecified atom stereocenters. The van der Waals surface area contributed by atoms with Gasteiger partial charge in [-0.15, -0.1) is 10.2 Å². The Kier molecular flexibility index (Phi) is 6.99. The van der Waals surface area contributed by atoms with Crippen LogP contribution >= 0.6 is 27.5 Å². The minimum Gasteiger partial charge on any atom is -0.495 e. The van der Waals surface area contributed by atoms with Gasteiger partial charge in [0.2, 0.25) is 11.8 Å². The van der Waals surface area contributed by atoms with E-state index in [-0.39, 0.29) is 18.5 Å². The van der Waals surface area contributed by atoms with Crippen molar-refractivity contribution in [3.8, 4) is 23.0 Å². The minimum absolute atomic E-state index is 0.117. The van der Waals surface area contributed by atoms with Crippen LogP contribution in [0, 0.1) is 0 Å². The molecule has 0 aliphatic rings. The third-order valence-electron chi connectivity index (χ3n) is 4.45. The lowest BCUT2D eigenvalue weighted by molar-refractivity contribution is 0.0671. The highest BCUT2D eigenvalue weighted by molar-refractivity contribution is 9.10. The number of methoxy groups -OCH3 is 2. The van der Waals surface area contributed by atoms with E-state index in [0.717, 1.165) is 0 Å². The molecule has 0 saturated carbocycles. The Balaban J connectivity index is 1.89. The molecule has 0 N–H and O–H groups in total. The van der Waals surface area contributed by atoms with Gasteiger partial charge in [0.05, 0.1) is 31.4 Å². The molecule has 0 bridgehead atoms. The second-order valence-corrected chi connectivity index (χ2v) is 7.90. The summed E-state index contributed by atoms with van der Waals surface area (Å²) in [5, 5.41) is 8.67. The van der Waals surface area contributed by atoms with Gasteiger partial charge in [0.15, 0.2) is 0 Å². The highest BCUT2D eigenvalue weighted by atomic mass is 79.9. The number of carbonyl (C=O) groups is 1. The number of rotatable bonds is 7. The van der Waals surface area contributed by atoms with E-state index in [2.05, 4.69) is 26.1 Å². The topological polar surface area (TPSA) is 77.7 Å². The van der Waals surface area contributed by atoms with E-state index in [0.29, 0.717) is 43.9 Å². The Morgan fingerprint density at radius 1 is 1.17 bits per heavy atom. The van der Waals surface area contributed by atoms with Gasteiger partial charge >= 0.3 is 0 Å². The van der Waals surface area contributed by atoms with Crippen molar-refractivity contribution in [3.63, 3.8) is 0 Å². The molecule has 0 saturated heterocycles. The van der Waals surface area contributed by atoms with Crippen molar-refractivity contribution in [2.75, 3.05) is 14.2 Å². The average molecular weight is 495 g/mol. The molecule has 9 heteroatoms. The molecule has 0 radical (unpaired) electrons. The highest BCUT2D eigenvalue weighted by Crippen LogP contribution is 2.36. The third kappa shape index (κ3) is 4.60. The van der Waals surface area contributed by atoms with Crippen molar-refractivity contribution in [1.29, 1.82) is 0 Å². The molecule has 0 aliphatic heterocycles. The quantitative estimate of drug-likeness (QED) is 0.448. The second kappa shape index (κ2) is 9.49. The summed E-state index contributed by atoms with van der Waals surface area (Å²) in [7, 11) is 3.06. The molecule has 7 nitrogen and oxygen atoms in total. The maximum atomic E-state index is 13.3. The van der Waals surface area contributed by atoms with Crippen LogP contribution in [0.1, 0.15) is 30.1 Å². The maximum absolute atomic E-state index is 13.3. The predicted octanol–water partition coefficient (Wildman–Crippen LogP) is 5.22. The molecule has 0 fully saturated rings. The first kappa shape index (κ1) is 22.1. The Morgan fingerprint density at radius 2 is 1.80 bits per heavy atom. The zero-order valence-electron chi connectivity index (χ0n) is 17.0. The van der Waals surface area contributed by atoms with Crippen molar-refractivity contribution in [2.24, 2.45) is 0 Å². The first-order valence-electron chi connectivity index (χ1n) is 9.15. The van der Waals surface area contributed by atoms with E-state index in [1.165, 1.54) is 14.2 Å². The molecule has 1 aromatic heterocycles. The van der Waals surface area contributed by atoms with Crippen LogP contribution < -0.4 is 9.47 Å². The summed E-state index contributed by atoms with van der Waals surface area (Å²) in [6.07, 6.45) is 0. The van der Waals surface area contributed by atoms with Crippen LogP contribution in [0.5, 0.6) is 11.5 Å². The largest absolute Gasteiger partial charge is 0.495 e. The van der Waals surface area contributed by atoms with Crippen LogP contribution in [-0.4, -0.2) is 41.3 Å². The lowest BCUT2D eigenvalue weighted by atomic mass is 10.1. The minimum atomic E-state index is -0.216. The summed E-state index contributed by atoms with van der Waals surface area (Å²) in [6, 6.07) is 10.4. The Hall–Kier alpha value is -2.58. The van der Waals surface area contributed by atoms with Gasteiger partial charge in [-0.2, -0.15) is 0 Å². The molecule has 0 atom stereocenters. The van der Waals surface area contributed by atoms with Gasteiger partial charge in [0, 0.05) is 11.6 Å². The van der Waals surface area contributed by atoms with Crippen molar-refractivity contribution in [2.45, 2.75) is 26.4 Å². The van der Waals surface area contributed by atoms with Crippen LogP contribution in [0.25, 0.3) is 11.5 Å². The number of amides is 1. The van der Waals surface area contributed by atoms with Gasteiger partial charge in [0.1, 0.15) is 16.0 Å². The molecule has 3 aromatic rings. The lowest BCUT2D eigenvalue weighted by Crippen LogP contribution is -2.36. The summed E-state index contributed by atoms with van der Waals surface area (Å²) in [4.78, 5) is 14.9. The Morgan fingerprint density at radius 3 is 2.37 bits per heavy atom. The number of hydrogen-bond donors (Lipinski definition) is 0. The second-order valence-electron chi connectivity index (χ2n) is 6.70. The fourth-order valence-electron chi connectivity index (χ4n) is 2.85. The number of benzene rings is 2. The number of ether oxygens (including phenoxy) is 2. The third-order valence-corrected chi connectivity index (χ3v) is 5.56. The molecular weight excluding hydrogens is 474 g/mol. The molecule has 0 spiro atoms. The molecule has 3 rings (SSSR count). The molecule has 1 heterocycles.